The van der Waals surface area contributed by atoms with E-state index in [0.29, 0.717) is 46.8 Å². The summed E-state index contributed by atoms with van der Waals surface area (Å²) in [6, 6.07) is 24.4. The van der Waals surface area contributed by atoms with Gasteiger partial charge in [0.05, 0.1) is 27.5 Å². The Balaban J connectivity index is 1.43. The number of hydrogen-bond acceptors (Lipinski definition) is 5. The maximum Gasteiger partial charge on any atom is 0.282 e. The van der Waals surface area contributed by atoms with Gasteiger partial charge in [0.15, 0.2) is 11.5 Å². The first-order valence-electron chi connectivity index (χ1n) is 11.1. The number of halogens is 1. The summed E-state index contributed by atoms with van der Waals surface area (Å²) >= 11 is 2.19. The molecule has 1 heterocycles. The smallest absolute Gasteiger partial charge is 0.282 e. The summed E-state index contributed by atoms with van der Waals surface area (Å²) in [6.07, 6.45) is 1.50. The summed E-state index contributed by atoms with van der Waals surface area (Å²) in [5.41, 5.74) is 2.66. The Bertz CT molecular complexity index is 1420. The van der Waals surface area contributed by atoms with Crippen molar-refractivity contribution in [3.05, 3.63) is 105 Å². The highest BCUT2D eigenvalue weighted by Crippen LogP contribution is 2.35. The molecule has 0 bridgehead atoms. The average Bonchev–Trinajstić information content (AvgIpc) is 2.87. The van der Waals surface area contributed by atoms with Gasteiger partial charge < -0.3 is 9.47 Å². The van der Waals surface area contributed by atoms with Crippen LogP contribution >= 0.6 is 22.6 Å². The monoisotopic (exact) mass is 576 g/mol. The number of carbonyl (C=O) groups is 2. The number of imide groups is 1. The molecule has 0 aliphatic carbocycles. The quantitative estimate of drug-likeness (QED) is 0.153. The summed E-state index contributed by atoms with van der Waals surface area (Å²) in [5.74, 6) is 0.318. The lowest BCUT2D eigenvalue weighted by atomic mass is 9.95. The highest BCUT2D eigenvalue weighted by atomic mass is 127. The second-order valence-electron chi connectivity index (χ2n) is 7.91. The topological polar surface area (TPSA) is 68.2 Å². The van der Waals surface area contributed by atoms with Gasteiger partial charge in [-0.25, -0.2) is 0 Å². The molecular weight excluding hydrogens is 555 g/mol. The van der Waals surface area contributed by atoms with Crippen LogP contribution in [0.5, 0.6) is 11.5 Å². The molecule has 4 aromatic rings. The van der Waals surface area contributed by atoms with E-state index in [2.05, 4.69) is 27.7 Å². The van der Waals surface area contributed by atoms with E-state index in [1.165, 1.54) is 6.21 Å². The van der Waals surface area contributed by atoms with Crippen molar-refractivity contribution < 1.29 is 19.1 Å². The van der Waals surface area contributed by atoms with Gasteiger partial charge in [0.2, 0.25) is 0 Å². The number of hydrogen-bond donors (Lipinski definition) is 0. The predicted octanol–water partition coefficient (Wildman–Crippen LogP) is 6.05. The minimum absolute atomic E-state index is 0.409. The van der Waals surface area contributed by atoms with E-state index in [4.69, 9.17) is 9.47 Å². The lowest BCUT2D eigenvalue weighted by Crippen LogP contribution is -2.36. The molecule has 5 rings (SSSR count). The van der Waals surface area contributed by atoms with Crippen LogP contribution < -0.4 is 9.47 Å². The van der Waals surface area contributed by atoms with E-state index in [1.54, 1.807) is 18.2 Å². The van der Waals surface area contributed by atoms with E-state index < -0.39 is 11.8 Å². The molecule has 6 nitrogen and oxygen atoms in total. The Morgan fingerprint density at radius 2 is 1.57 bits per heavy atom. The van der Waals surface area contributed by atoms with Gasteiger partial charge in [-0.2, -0.15) is 10.1 Å². The Kier molecular flexibility index (Phi) is 6.50. The van der Waals surface area contributed by atoms with Crippen LogP contribution in [0.1, 0.15) is 38.8 Å². The summed E-state index contributed by atoms with van der Waals surface area (Å²) < 4.78 is 12.7. The third kappa shape index (κ3) is 4.51. The molecule has 0 atom stereocenters. The van der Waals surface area contributed by atoms with Crippen LogP contribution in [0.2, 0.25) is 0 Å². The van der Waals surface area contributed by atoms with Crippen LogP contribution in [0, 0.1) is 3.57 Å². The third-order valence-corrected chi connectivity index (χ3v) is 6.43. The van der Waals surface area contributed by atoms with Crippen molar-refractivity contribution in [2.75, 3.05) is 6.61 Å². The first-order chi connectivity index (χ1) is 17.1. The normalized spacial score (nSPS) is 13.0. The Morgan fingerprint density at radius 1 is 0.886 bits per heavy atom. The highest BCUT2D eigenvalue weighted by molar-refractivity contribution is 14.1. The molecule has 0 saturated carbocycles. The van der Waals surface area contributed by atoms with Crippen LogP contribution in [0.25, 0.3) is 10.8 Å². The zero-order chi connectivity index (χ0) is 24.4. The second-order valence-corrected chi connectivity index (χ2v) is 9.08. The van der Waals surface area contributed by atoms with Crippen LogP contribution in [0.3, 0.4) is 0 Å². The lowest BCUT2D eigenvalue weighted by molar-refractivity contribution is 0.0616. The van der Waals surface area contributed by atoms with Crippen LogP contribution in [0.15, 0.2) is 84.0 Å². The molecule has 1 aliphatic heterocycles. The molecule has 0 fully saturated rings. The summed E-state index contributed by atoms with van der Waals surface area (Å²) in [6.45, 7) is 2.77. The maximum absolute atomic E-state index is 13.1. The van der Waals surface area contributed by atoms with Gasteiger partial charge in [0.1, 0.15) is 6.61 Å². The van der Waals surface area contributed by atoms with Crippen LogP contribution in [-0.2, 0) is 6.61 Å². The van der Waals surface area contributed by atoms with Crippen molar-refractivity contribution in [3.63, 3.8) is 0 Å². The number of hydrazone groups is 1. The van der Waals surface area contributed by atoms with Crippen molar-refractivity contribution in [1.82, 2.24) is 5.01 Å². The average molecular weight is 576 g/mol. The predicted molar refractivity (Wildman–Crippen MR) is 143 cm³/mol. The summed E-state index contributed by atoms with van der Waals surface area (Å²) in [5, 5.41) is 6.72. The molecule has 0 N–H and O–H groups in total. The molecule has 2 amide bonds. The largest absolute Gasteiger partial charge is 0.490 e. The minimum Gasteiger partial charge on any atom is -0.490 e. The number of rotatable bonds is 7. The first-order valence-corrected chi connectivity index (χ1v) is 12.2. The van der Waals surface area contributed by atoms with E-state index in [1.807, 2.05) is 67.6 Å². The van der Waals surface area contributed by atoms with Gasteiger partial charge in [-0.1, -0.05) is 54.6 Å². The fourth-order valence-electron chi connectivity index (χ4n) is 4.04. The standard InChI is InChI=1S/C28H21IN2O4/c1-2-34-24-15-19(14-23(29)26(24)35-17-18-8-4-3-5-9-18)16-30-31-27(32)21-12-6-10-20-11-7-13-22(25(20)21)28(31)33/h3-16H,2,17H2,1H3. The molecule has 0 aromatic heterocycles. The van der Waals surface area contributed by atoms with Crippen molar-refractivity contribution >= 4 is 51.4 Å². The summed E-state index contributed by atoms with van der Waals surface area (Å²) in [7, 11) is 0. The van der Waals surface area contributed by atoms with Crippen molar-refractivity contribution in [1.29, 1.82) is 0 Å². The number of nitrogens with zero attached hydrogens (tertiary/aromatic N) is 2. The number of amides is 2. The second kappa shape index (κ2) is 9.87. The fourth-order valence-corrected chi connectivity index (χ4v) is 4.82. The van der Waals surface area contributed by atoms with Gasteiger partial charge in [-0.15, -0.1) is 0 Å². The van der Waals surface area contributed by atoms with Gasteiger partial charge in [-0.3, -0.25) is 9.59 Å². The molecule has 0 saturated heterocycles. The van der Waals surface area contributed by atoms with Crippen LogP contribution in [-0.4, -0.2) is 29.6 Å². The van der Waals surface area contributed by atoms with E-state index in [-0.39, 0.29) is 0 Å². The molecule has 35 heavy (non-hydrogen) atoms. The summed E-state index contributed by atoms with van der Waals surface area (Å²) in [4.78, 5) is 26.2. The number of benzene rings is 4. The third-order valence-electron chi connectivity index (χ3n) is 5.63. The Morgan fingerprint density at radius 3 is 2.23 bits per heavy atom. The van der Waals surface area contributed by atoms with Gasteiger partial charge in [0.25, 0.3) is 11.8 Å². The lowest BCUT2D eigenvalue weighted by Gasteiger charge is -2.23. The van der Waals surface area contributed by atoms with E-state index in [9.17, 15) is 9.59 Å². The van der Waals surface area contributed by atoms with Gasteiger partial charge in [-0.05, 0) is 70.3 Å². The highest BCUT2D eigenvalue weighted by Gasteiger charge is 2.32. The molecule has 0 spiro atoms. The van der Waals surface area contributed by atoms with Crippen molar-refractivity contribution in [3.8, 4) is 11.5 Å². The molecular formula is C28H21IN2O4. The number of carbonyl (C=O) groups excluding carboxylic acids is 2. The minimum atomic E-state index is -0.446. The van der Waals surface area contributed by atoms with E-state index in [0.717, 1.165) is 19.5 Å². The maximum atomic E-state index is 13.1. The van der Waals surface area contributed by atoms with Crippen molar-refractivity contribution in [2.24, 2.45) is 5.10 Å². The van der Waals surface area contributed by atoms with Crippen molar-refractivity contribution in [2.45, 2.75) is 13.5 Å². The van der Waals surface area contributed by atoms with Gasteiger partial charge >= 0.3 is 0 Å². The number of ether oxygens (including phenoxy) is 2. The zero-order valence-corrected chi connectivity index (χ0v) is 21.1. The SMILES string of the molecule is CCOc1cc(C=NN2C(=O)c3cccc4cccc(c34)C2=O)cc(I)c1OCc1ccccc1. The molecule has 7 heteroatoms. The molecule has 0 unspecified atom stereocenters. The molecule has 4 aromatic carbocycles. The molecule has 1 aliphatic rings. The molecule has 174 valence electrons. The molecule has 0 radical (unpaired) electrons. The van der Waals surface area contributed by atoms with Gasteiger partial charge in [0, 0.05) is 5.39 Å². The van der Waals surface area contributed by atoms with Crippen LogP contribution in [0.4, 0.5) is 0 Å². The fraction of sp³-hybridized carbons (Fsp3) is 0.107. The Hall–Kier alpha value is -3.72. The van der Waals surface area contributed by atoms with E-state index >= 15 is 0 Å². The zero-order valence-electron chi connectivity index (χ0n) is 18.9. The Labute approximate surface area is 216 Å². The first kappa shape index (κ1) is 23.0.